The van der Waals surface area contributed by atoms with E-state index in [1.807, 2.05) is 18.7 Å². The molecule has 0 aliphatic carbocycles. The fourth-order valence-corrected chi connectivity index (χ4v) is 1.73. The number of nitrogens with zero attached hydrogens (tertiary/aromatic N) is 1. The van der Waals surface area contributed by atoms with Crippen LogP contribution >= 0.6 is 22.6 Å². The summed E-state index contributed by atoms with van der Waals surface area (Å²) in [6.45, 7) is 9.21. The van der Waals surface area contributed by atoms with Gasteiger partial charge in [-0.05, 0) is 20.3 Å². The summed E-state index contributed by atoms with van der Waals surface area (Å²) in [5.74, 6) is 0.223. The van der Waals surface area contributed by atoms with Gasteiger partial charge in [0.25, 0.3) is 0 Å². The Bertz CT molecular complexity index is 155. The highest BCUT2D eigenvalue weighted by Crippen LogP contribution is 2.10. The molecule has 0 N–H and O–H groups in total. The molecule has 0 rings (SSSR count). The van der Waals surface area contributed by atoms with Crippen molar-refractivity contribution in [2.75, 3.05) is 13.1 Å². The van der Waals surface area contributed by atoms with Crippen molar-refractivity contribution in [1.82, 2.24) is 4.90 Å². The molecule has 0 saturated carbocycles. The number of hydrogen-bond acceptors (Lipinski definition) is 1. The average molecular weight is 281 g/mol. The lowest BCUT2D eigenvalue weighted by Gasteiger charge is -2.21. The first-order chi connectivity index (χ1) is 5.67. The highest BCUT2D eigenvalue weighted by atomic mass is 127. The van der Waals surface area contributed by atoms with E-state index < -0.39 is 0 Å². The Kier molecular flexibility index (Phi) is 6.42. The maximum absolute atomic E-state index is 11.6. The second-order valence-corrected chi connectivity index (χ2v) is 4.01. The van der Waals surface area contributed by atoms with E-state index in [1.54, 1.807) is 6.08 Å². The number of allylic oxidation sites excluding steroid dienone is 1. The molecule has 1 unspecified atom stereocenters. The summed E-state index contributed by atoms with van der Waals surface area (Å²) in [6.07, 6.45) is 2.55. The summed E-state index contributed by atoms with van der Waals surface area (Å²) < 4.78 is 0.0556. The highest BCUT2D eigenvalue weighted by Gasteiger charge is 2.17. The summed E-state index contributed by atoms with van der Waals surface area (Å²) in [5, 5.41) is 0. The molecule has 1 amide bonds. The summed E-state index contributed by atoms with van der Waals surface area (Å²) in [6, 6.07) is 0. The van der Waals surface area contributed by atoms with Gasteiger partial charge in [-0.1, -0.05) is 28.7 Å². The van der Waals surface area contributed by atoms with E-state index >= 15 is 0 Å². The monoisotopic (exact) mass is 281 g/mol. The van der Waals surface area contributed by atoms with Gasteiger partial charge in [0.05, 0.1) is 3.92 Å². The molecule has 0 fully saturated rings. The molecule has 1 atom stereocenters. The predicted molar refractivity (Wildman–Crippen MR) is 60.6 cm³/mol. The lowest BCUT2D eigenvalue weighted by Crippen LogP contribution is -2.36. The standard InChI is InChI=1S/C9H16INO/c1-4-7-8(10)9(12)11(5-2)6-3/h4,8H,1,5-7H2,2-3H3. The van der Waals surface area contributed by atoms with Crippen LogP contribution in [0.3, 0.4) is 0 Å². The van der Waals surface area contributed by atoms with Crippen molar-refractivity contribution in [2.24, 2.45) is 0 Å². The van der Waals surface area contributed by atoms with Crippen molar-refractivity contribution in [3.8, 4) is 0 Å². The number of alkyl halides is 1. The molecule has 0 radical (unpaired) electrons. The Labute approximate surface area is 88.2 Å². The normalized spacial score (nSPS) is 12.2. The topological polar surface area (TPSA) is 20.3 Å². The van der Waals surface area contributed by atoms with E-state index in [1.165, 1.54) is 0 Å². The fraction of sp³-hybridized carbons (Fsp3) is 0.667. The number of hydrogen-bond donors (Lipinski definition) is 0. The maximum Gasteiger partial charge on any atom is 0.235 e. The molecule has 0 aromatic rings. The van der Waals surface area contributed by atoms with Crippen LogP contribution in [0.4, 0.5) is 0 Å². The third-order valence-electron chi connectivity index (χ3n) is 1.72. The van der Waals surface area contributed by atoms with Crippen molar-refractivity contribution in [1.29, 1.82) is 0 Å². The van der Waals surface area contributed by atoms with Gasteiger partial charge in [0.1, 0.15) is 0 Å². The molecule has 0 spiro atoms. The van der Waals surface area contributed by atoms with Gasteiger partial charge in [0.15, 0.2) is 0 Å². The lowest BCUT2D eigenvalue weighted by molar-refractivity contribution is -0.129. The summed E-state index contributed by atoms with van der Waals surface area (Å²) in [7, 11) is 0. The molecule has 12 heavy (non-hydrogen) atoms. The Hall–Kier alpha value is -0.0600. The van der Waals surface area contributed by atoms with Crippen LogP contribution in [-0.4, -0.2) is 27.8 Å². The van der Waals surface area contributed by atoms with Crippen LogP contribution in [-0.2, 0) is 4.79 Å². The van der Waals surface area contributed by atoms with Crippen LogP contribution in [0.5, 0.6) is 0 Å². The predicted octanol–water partition coefficient (Wildman–Crippen LogP) is 2.23. The van der Waals surface area contributed by atoms with Crippen molar-refractivity contribution in [3.05, 3.63) is 12.7 Å². The molecule has 0 saturated heterocycles. The number of amides is 1. The first kappa shape index (κ1) is 11.9. The molecule has 70 valence electrons. The van der Waals surface area contributed by atoms with Crippen LogP contribution in [0.2, 0.25) is 0 Å². The van der Waals surface area contributed by atoms with Crippen molar-refractivity contribution in [3.63, 3.8) is 0 Å². The van der Waals surface area contributed by atoms with Gasteiger partial charge in [0, 0.05) is 13.1 Å². The SMILES string of the molecule is C=CCC(I)C(=O)N(CC)CC. The summed E-state index contributed by atoms with van der Waals surface area (Å²) >= 11 is 2.17. The van der Waals surface area contributed by atoms with Crippen LogP contribution in [0.15, 0.2) is 12.7 Å². The Morgan fingerprint density at radius 2 is 2.08 bits per heavy atom. The molecule has 0 aromatic heterocycles. The zero-order valence-corrected chi connectivity index (χ0v) is 9.87. The van der Waals surface area contributed by atoms with E-state index in [0.29, 0.717) is 0 Å². The van der Waals surface area contributed by atoms with E-state index in [9.17, 15) is 4.79 Å². The molecule has 0 aliphatic rings. The fourth-order valence-electron chi connectivity index (χ4n) is 0.981. The molecular weight excluding hydrogens is 265 g/mol. The van der Waals surface area contributed by atoms with Crippen LogP contribution in [0.1, 0.15) is 20.3 Å². The molecule has 3 heteroatoms. The van der Waals surface area contributed by atoms with Gasteiger partial charge in [0.2, 0.25) is 5.91 Å². The highest BCUT2D eigenvalue weighted by molar-refractivity contribution is 14.1. The number of rotatable bonds is 5. The zero-order chi connectivity index (χ0) is 9.56. The first-order valence-electron chi connectivity index (χ1n) is 4.21. The van der Waals surface area contributed by atoms with Gasteiger partial charge in [-0.15, -0.1) is 6.58 Å². The molecule has 0 bridgehead atoms. The minimum Gasteiger partial charge on any atom is -0.342 e. The summed E-state index contributed by atoms with van der Waals surface area (Å²) in [4.78, 5) is 13.4. The Morgan fingerprint density at radius 3 is 2.42 bits per heavy atom. The van der Waals surface area contributed by atoms with Gasteiger partial charge in [-0.3, -0.25) is 4.79 Å². The molecule has 0 aliphatic heterocycles. The molecular formula is C9H16INO. The van der Waals surface area contributed by atoms with Crippen molar-refractivity contribution in [2.45, 2.75) is 24.2 Å². The second-order valence-electron chi connectivity index (χ2n) is 2.50. The quantitative estimate of drug-likeness (QED) is 0.430. The maximum atomic E-state index is 11.6. The zero-order valence-electron chi connectivity index (χ0n) is 7.72. The average Bonchev–Trinajstić information content (AvgIpc) is 2.07. The lowest BCUT2D eigenvalue weighted by atomic mass is 10.2. The minimum absolute atomic E-state index is 0.0556. The number of carbonyl (C=O) groups excluding carboxylic acids is 1. The van der Waals surface area contributed by atoms with E-state index in [2.05, 4.69) is 29.2 Å². The number of carbonyl (C=O) groups is 1. The van der Waals surface area contributed by atoms with Crippen LogP contribution in [0.25, 0.3) is 0 Å². The van der Waals surface area contributed by atoms with Crippen molar-refractivity contribution < 1.29 is 4.79 Å². The first-order valence-corrected chi connectivity index (χ1v) is 5.45. The van der Waals surface area contributed by atoms with Crippen molar-refractivity contribution >= 4 is 28.5 Å². The van der Waals surface area contributed by atoms with Crippen LogP contribution in [0, 0.1) is 0 Å². The van der Waals surface area contributed by atoms with Gasteiger partial charge < -0.3 is 4.90 Å². The smallest absolute Gasteiger partial charge is 0.235 e. The molecule has 0 aromatic carbocycles. The van der Waals surface area contributed by atoms with Gasteiger partial charge in [-0.25, -0.2) is 0 Å². The number of halogens is 1. The summed E-state index contributed by atoms with van der Waals surface area (Å²) in [5.41, 5.74) is 0. The Balaban J connectivity index is 4.05. The third-order valence-corrected chi connectivity index (χ3v) is 2.76. The largest absolute Gasteiger partial charge is 0.342 e. The van der Waals surface area contributed by atoms with E-state index in [0.717, 1.165) is 19.5 Å². The minimum atomic E-state index is 0.0556. The van der Waals surface area contributed by atoms with Gasteiger partial charge in [-0.2, -0.15) is 0 Å². The van der Waals surface area contributed by atoms with Gasteiger partial charge >= 0.3 is 0 Å². The Morgan fingerprint density at radius 1 is 1.58 bits per heavy atom. The van der Waals surface area contributed by atoms with E-state index in [-0.39, 0.29) is 9.83 Å². The van der Waals surface area contributed by atoms with E-state index in [4.69, 9.17) is 0 Å². The second kappa shape index (κ2) is 6.46. The van der Waals surface area contributed by atoms with Crippen LogP contribution < -0.4 is 0 Å². The molecule has 0 heterocycles. The third kappa shape index (κ3) is 3.56. The molecule has 2 nitrogen and oxygen atoms in total.